The van der Waals surface area contributed by atoms with Crippen molar-refractivity contribution < 1.29 is 30.6 Å². The molecule has 11 aromatic carbocycles. The van der Waals surface area contributed by atoms with E-state index in [9.17, 15) is 5.11 Å². The van der Waals surface area contributed by atoms with E-state index in [0.29, 0.717) is 23.4 Å². The largest absolute Gasteiger partial charge is 0.507 e. The second kappa shape index (κ2) is 22.9. The van der Waals surface area contributed by atoms with Gasteiger partial charge in [-0.25, -0.2) is 9.97 Å². The van der Waals surface area contributed by atoms with E-state index in [-0.39, 0.29) is 26.8 Å². The Morgan fingerprint density at radius 3 is 1.65 bits per heavy atom. The van der Waals surface area contributed by atoms with Gasteiger partial charge in [0.15, 0.2) is 5.82 Å². The molecule has 0 fully saturated rings. The van der Waals surface area contributed by atoms with Crippen LogP contribution in [0.1, 0.15) is 72.9 Å². The van der Waals surface area contributed by atoms with Crippen molar-refractivity contribution >= 4 is 33.0 Å². The Morgan fingerprint density at radius 1 is 0.466 bits per heavy atom. The number of hydrogen-bond donors (Lipinski definition) is 1. The average molecular weight is 1320 g/mol. The number of fused-ring (bicyclic) bond motifs is 7. The zero-order valence-corrected chi connectivity index (χ0v) is 52.4. The fourth-order valence-corrected chi connectivity index (χ4v) is 13.6. The normalized spacial score (nSPS) is 12.0. The van der Waals surface area contributed by atoms with Crippen molar-refractivity contribution in [1.29, 1.82) is 0 Å². The van der Waals surface area contributed by atoms with Gasteiger partial charge in [0.05, 0.1) is 28.0 Å². The summed E-state index contributed by atoms with van der Waals surface area (Å²) in [5, 5.41) is 13.6. The molecule has 430 valence electrons. The van der Waals surface area contributed by atoms with E-state index in [0.717, 1.165) is 163 Å². The van der Waals surface area contributed by atoms with Crippen LogP contribution >= 0.6 is 0 Å². The van der Waals surface area contributed by atoms with Crippen LogP contribution in [0.3, 0.4) is 0 Å². The number of aryl methyl sites for hydroxylation is 4. The second-order valence-electron chi connectivity index (χ2n) is 24.0. The molecule has 0 amide bonds. The zero-order valence-electron chi connectivity index (χ0n) is 50.1. The van der Waals surface area contributed by atoms with E-state index >= 15 is 0 Å². The van der Waals surface area contributed by atoms with Gasteiger partial charge in [0.2, 0.25) is 0 Å². The summed E-state index contributed by atoms with van der Waals surface area (Å²) >= 11 is 0. The maximum atomic E-state index is 11.6. The molecular formula is C82H64N3O2Pt-. The molecule has 88 heavy (non-hydrogen) atoms. The van der Waals surface area contributed by atoms with E-state index in [4.69, 9.17) is 14.4 Å². The van der Waals surface area contributed by atoms with Crippen molar-refractivity contribution in [3.05, 3.63) is 276 Å². The van der Waals surface area contributed by atoms with Crippen LogP contribution in [0.4, 0.5) is 0 Å². The van der Waals surface area contributed by atoms with Gasteiger partial charge in [-0.05, 0) is 168 Å². The molecule has 3 aromatic heterocycles. The summed E-state index contributed by atoms with van der Waals surface area (Å²) in [5.41, 5.74) is 28.3. The molecule has 0 spiro atoms. The quantitative estimate of drug-likeness (QED) is 0.131. The SMILES string of the molecule is Cc1cccc(C)c1-n1c(-c2ccc3c(n2)-c2c(O)cccc2CC3)nc2c(-c3[c-]c(-c4c(-c5ccccc5)cccc4-c4cc(C(C)C)cc(C(C)C)c4)c4c(c3)oc3ccccc34)c(-c3c(-c4ccccc4)cccc3-c3ccccc3)ccc21.[Pt]. The van der Waals surface area contributed by atoms with Gasteiger partial charge >= 0.3 is 0 Å². The van der Waals surface area contributed by atoms with Gasteiger partial charge in [0.25, 0.3) is 0 Å². The third-order valence-corrected chi connectivity index (χ3v) is 17.9. The average Bonchev–Trinajstić information content (AvgIpc) is 1.50. The molecule has 3 heterocycles. The topological polar surface area (TPSA) is 64.1 Å². The first-order valence-corrected chi connectivity index (χ1v) is 30.5. The van der Waals surface area contributed by atoms with E-state index in [1.165, 1.54) is 11.1 Å². The summed E-state index contributed by atoms with van der Waals surface area (Å²) in [6, 6.07) is 89.2. The monoisotopic (exact) mass is 1320 g/mol. The molecule has 0 bridgehead atoms. The molecule has 1 N–H and O–H groups in total. The molecule has 15 rings (SSSR count). The molecule has 6 heteroatoms. The molecule has 1 aliphatic rings. The number of aromatic hydroxyl groups is 1. The van der Waals surface area contributed by atoms with Gasteiger partial charge in [-0.3, -0.25) is 4.57 Å². The first kappa shape index (κ1) is 56.2. The van der Waals surface area contributed by atoms with Crippen molar-refractivity contribution in [3.63, 3.8) is 0 Å². The van der Waals surface area contributed by atoms with Gasteiger partial charge in [-0.1, -0.05) is 246 Å². The zero-order chi connectivity index (χ0) is 59.0. The Kier molecular flexibility index (Phi) is 14.6. The number of benzene rings is 11. The fourth-order valence-electron chi connectivity index (χ4n) is 13.6. The van der Waals surface area contributed by atoms with Gasteiger partial charge in [0, 0.05) is 26.6 Å². The first-order valence-electron chi connectivity index (χ1n) is 30.5. The van der Waals surface area contributed by atoms with Crippen molar-refractivity contribution in [1.82, 2.24) is 14.5 Å². The molecule has 0 unspecified atom stereocenters. The number of aromatic nitrogens is 3. The van der Waals surface area contributed by atoms with Crippen molar-refractivity contribution in [2.24, 2.45) is 0 Å². The first-order chi connectivity index (χ1) is 42.6. The summed E-state index contributed by atoms with van der Waals surface area (Å²) in [6.07, 6.45) is 1.65. The van der Waals surface area contributed by atoms with E-state index in [2.05, 4.69) is 277 Å². The number of rotatable bonds is 11. The van der Waals surface area contributed by atoms with Crippen LogP contribution in [0.2, 0.25) is 0 Å². The fraction of sp³-hybridized carbons (Fsp3) is 0.122. The predicted octanol–water partition coefficient (Wildman–Crippen LogP) is 21.8. The molecular weight excluding hydrogens is 1250 g/mol. The molecule has 1 aliphatic carbocycles. The number of imidazole rings is 1. The van der Waals surface area contributed by atoms with E-state index in [1.54, 1.807) is 6.07 Å². The Balaban J connectivity index is 0.00000680. The van der Waals surface area contributed by atoms with Gasteiger partial charge in [0.1, 0.15) is 17.0 Å². The van der Waals surface area contributed by atoms with Crippen LogP contribution in [0, 0.1) is 19.9 Å². The summed E-state index contributed by atoms with van der Waals surface area (Å²) in [7, 11) is 0. The Labute approximate surface area is 529 Å². The Hall–Kier alpha value is -9.67. The van der Waals surface area contributed by atoms with Crippen LogP contribution in [0.15, 0.2) is 241 Å². The molecule has 5 nitrogen and oxygen atoms in total. The predicted molar refractivity (Wildman–Crippen MR) is 361 cm³/mol. The minimum atomic E-state index is 0. The second-order valence-corrected chi connectivity index (χ2v) is 24.0. The summed E-state index contributed by atoms with van der Waals surface area (Å²) in [6.45, 7) is 13.5. The van der Waals surface area contributed by atoms with Gasteiger partial charge in [-0.15, -0.1) is 17.2 Å². The van der Waals surface area contributed by atoms with Gasteiger partial charge < -0.3 is 9.52 Å². The number of para-hydroxylation sites is 2. The number of hydrogen-bond acceptors (Lipinski definition) is 4. The third-order valence-electron chi connectivity index (χ3n) is 17.9. The molecule has 0 radical (unpaired) electrons. The summed E-state index contributed by atoms with van der Waals surface area (Å²) in [4.78, 5) is 11.6. The van der Waals surface area contributed by atoms with Crippen molar-refractivity contribution in [2.45, 2.75) is 66.2 Å². The maximum Gasteiger partial charge on any atom is 0.163 e. The van der Waals surface area contributed by atoms with E-state index in [1.807, 2.05) is 6.07 Å². The summed E-state index contributed by atoms with van der Waals surface area (Å²) in [5.74, 6) is 1.55. The number of nitrogens with zero attached hydrogens (tertiary/aromatic N) is 3. The number of furan rings is 1. The van der Waals surface area contributed by atoms with Gasteiger partial charge in [-0.2, -0.15) is 0 Å². The van der Waals surface area contributed by atoms with Crippen LogP contribution < -0.4 is 0 Å². The summed E-state index contributed by atoms with van der Waals surface area (Å²) < 4.78 is 9.56. The maximum absolute atomic E-state index is 11.6. The van der Waals surface area contributed by atoms with Crippen LogP contribution in [0.25, 0.3) is 139 Å². The third kappa shape index (κ3) is 9.61. The molecule has 0 saturated heterocycles. The van der Waals surface area contributed by atoms with Crippen molar-refractivity contribution in [2.75, 3.05) is 0 Å². The minimum Gasteiger partial charge on any atom is -0.507 e. The van der Waals surface area contributed by atoms with Crippen LogP contribution in [-0.2, 0) is 33.9 Å². The van der Waals surface area contributed by atoms with E-state index < -0.39 is 0 Å². The number of phenolic OH excluding ortho intramolecular Hbond substituents is 1. The standard InChI is InChI=1S/C82H64N3O2.Pt/c1-49(2)58-44-59(50(3)4)46-60(45-58)65-35-21-34-64(55-28-14-9-15-29-55)77(65)68-47-61(48-73-78(68)66-31-16-17-37-72(66)87-73)74-67(76-62(53-24-10-7-11-25-53)32-20-33-63(76)54-26-12-8-13-27-54)41-43-70-80(74)84-82(85(70)81-51(5)22-18-23-52(81)6)69-42-40-57-39-38-56-30-19-36-71(86)75(56)79(57)83-69;/h7-37,40-46,48-50,86H,38-39H2,1-6H3;/q-1;. The molecule has 0 atom stereocenters. The Morgan fingerprint density at radius 2 is 1.02 bits per heavy atom. The number of pyridine rings is 1. The molecule has 0 aliphatic heterocycles. The van der Waals surface area contributed by atoms with Crippen molar-refractivity contribution in [3.8, 4) is 112 Å². The molecule has 0 saturated carbocycles. The Bertz CT molecular complexity index is 4910. The smallest absolute Gasteiger partial charge is 0.163 e. The van der Waals surface area contributed by atoms with Crippen LogP contribution in [-0.4, -0.2) is 19.6 Å². The number of phenols is 1. The van der Waals surface area contributed by atoms with Crippen LogP contribution in [0.5, 0.6) is 5.75 Å². The minimum absolute atomic E-state index is 0. The molecule has 14 aromatic rings.